The first-order chi connectivity index (χ1) is 11.6. The molecule has 2 bridgehead atoms. The largest absolute Gasteiger partial charge is 0.534 e. The van der Waals surface area contributed by atoms with Crippen molar-refractivity contribution < 1.29 is 44.8 Å². The molecule has 0 N–H and O–H groups in total. The molecule has 2 rings (SSSR count). The molecule has 0 spiro atoms. The Kier molecular flexibility index (Phi) is 4.72. The molecule has 1 saturated heterocycles. The highest BCUT2D eigenvalue weighted by Gasteiger charge is 2.63. The van der Waals surface area contributed by atoms with E-state index in [1.165, 1.54) is 0 Å². The van der Waals surface area contributed by atoms with E-state index in [1.54, 1.807) is 20.8 Å². The average molecular weight is 401 g/mol. The zero-order valence-corrected chi connectivity index (χ0v) is 15.2. The fourth-order valence-electron chi connectivity index (χ4n) is 2.92. The normalized spacial score (nSPS) is 25.7. The Morgan fingerprint density at radius 1 is 1.27 bits per heavy atom. The summed E-state index contributed by atoms with van der Waals surface area (Å²) < 4.78 is 74.4. The third kappa shape index (κ3) is 3.33. The van der Waals surface area contributed by atoms with Gasteiger partial charge in [0.25, 0.3) is 0 Å². The molecule has 0 radical (unpaired) electrons. The highest BCUT2D eigenvalue weighted by molar-refractivity contribution is 7.87. The molecule has 0 saturated carbocycles. The number of esters is 1. The van der Waals surface area contributed by atoms with Crippen LogP contribution in [-0.2, 0) is 28.6 Å². The molecule has 148 valence electrons. The number of carbonyl (C=O) groups excluding carboxylic acids is 2. The van der Waals surface area contributed by atoms with Gasteiger partial charge in [-0.25, -0.2) is 9.59 Å². The van der Waals surface area contributed by atoms with Crippen molar-refractivity contribution >= 4 is 22.2 Å². The molecule has 0 aromatic carbocycles. The molecule has 8 nitrogen and oxygen atoms in total. The topological polar surface area (TPSA) is 99.2 Å². The van der Waals surface area contributed by atoms with E-state index in [0.717, 1.165) is 18.1 Å². The van der Waals surface area contributed by atoms with Gasteiger partial charge in [-0.2, -0.15) is 21.6 Å². The second-order valence-corrected chi connectivity index (χ2v) is 8.39. The summed E-state index contributed by atoms with van der Waals surface area (Å²) in [6, 6.07) is -1.19. The van der Waals surface area contributed by atoms with E-state index < -0.39 is 50.6 Å². The number of alkyl halides is 3. The number of rotatable bonds is 3. The lowest BCUT2D eigenvalue weighted by atomic mass is 9.93. The highest BCUT2D eigenvalue weighted by atomic mass is 32.2. The minimum atomic E-state index is -5.95. The van der Waals surface area contributed by atoms with Crippen molar-refractivity contribution in [3.8, 4) is 0 Å². The predicted molar refractivity (Wildman–Crippen MR) is 80.0 cm³/mol. The SMILES string of the molecule is COC(=O)[C@@]12C=C(OS(=O)(=O)C(F)(F)F)[C@@H](CC1)N2C(=O)OC(C)(C)C. The van der Waals surface area contributed by atoms with Crippen LogP contribution < -0.4 is 0 Å². The number of methoxy groups -OCH3 is 1. The molecule has 2 aliphatic heterocycles. The van der Waals surface area contributed by atoms with Gasteiger partial charge in [0.05, 0.1) is 13.2 Å². The van der Waals surface area contributed by atoms with Gasteiger partial charge in [-0.1, -0.05) is 0 Å². The molecule has 2 atom stereocenters. The van der Waals surface area contributed by atoms with Crippen LogP contribution in [0.5, 0.6) is 0 Å². The number of fused-ring (bicyclic) bond motifs is 2. The number of nitrogens with zero attached hydrogens (tertiary/aromatic N) is 1. The summed E-state index contributed by atoms with van der Waals surface area (Å²) in [7, 11) is -4.91. The van der Waals surface area contributed by atoms with Gasteiger partial charge < -0.3 is 13.7 Å². The first-order valence-electron chi connectivity index (χ1n) is 7.49. The van der Waals surface area contributed by atoms with E-state index in [4.69, 9.17) is 4.74 Å². The molecular weight excluding hydrogens is 383 g/mol. The van der Waals surface area contributed by atoms with Gasteiger partial charge in [0, 0.05) is 0 Å². The highest BCUT2D eigenvalue weighted by Crippen LogP contribution is 2.48. The van der Waals surface area contributed by atoms with E-state index in [0.29, 0.717) is 0 Å². The van der Waals surface area contributed by atoms with Crippen LogP contribution in [0, 0.1) is 0 Å². The zero-order valence-electron chi connectivity index (χ0n) is 14.4. The second-order valence-electron chi connectivity index (χ2n) is 6.85. The van der Waals surface area contributed by atoms with Gasteiger partial charge in [-0.15, -0.1) is 0 Å². The third-order valence-corrected chi connectivity index (χ3v) is 4.85. The van der Waals surface area contributed by atoms with E-state index in [1.807, 2.05) is 0 Å². The van der Waals surface area contributed by atoms with Gasteiger partial charge in [0.2, 0.25) is 0 Å². The Balaban J connectivity index is 2.42. The van der Waals surface area contributed by atoms with Crippen LogP contribution in [0.4, 0.5) is 18.0 Å². The molecule has 0 aliphatic carbocycles. The van der Waals surface area contributed by atoms with E-state index >= 15 is 0 Å². The lowest BCUT2D eigenvalue weighted by molar-refractivity contribution is -0.150. The Bertz CT molecular complexity index is 753. The van der Waals surface area contributed by atoms with Crippen molar-refractivity contribution in [2.24, 2.45) is 0 Å². The van der Waals surface area contributed by atoms with Crippen molar-refractivity contribution in [3.63, 3.8) is 0 Å². The van der Waals surface area contributed by atoms with Crippen molar-refractivity contribution in [1.29, 1.82) is 0 Å². The first-order valence-corrected chi connectivity index (χ1v) is 8.90. The summed E-state index contributed by atoms with van der Waals surface area (Å²) in [6.07, 6.45) is -0.0827. The van der Waals surface area contributed by atoms with E-state index in [9.17, 15) is 31.2 Å². The van der Waals surface area contributed by atoms with E-state index in [-0.39, 0.29) is 12.8 Å². The molecule has 0 aromatic heterocycles. The molecule has 1 fully saturated rings. The maximum atomic E-state index is 12.6. The molecule has 2 aliphatic rings. The maximum Gasteiger partial charge on any atom is 0.534 e. The van der Waals surface area contributed by atoms with Crippen molar-refractivity contribution in [2.45, 2.75) is 56.3 Å². The third-order valence-electron chi connectivity index (χ3n) is 3.87. The summed E-state index contributed by atoms with van der Waals surface area (Å²) >= 11 is 0. The van der Waals surface area contributed by atoms with Crippen LogP contribution >= 0.6 is 0 Å². The smallest absolute Gasteiger partial charge is 0.467 e. The van der Waals surface area contributed by atoms with Gasteiger partial charge >= 0.3 is 27.7 Å². The fourth-order valence-corrected chi connectivity index (χ4v) is 3.43. The van der Waals surface area contributed by atoms with Gasteiger partial charge in [0.1, 0.15) is 11.4 Å². The van der Waals surface area contributed by atoms with Crippen LogP contribution in [0.1, 0.15) is 33.6 Å². The van der Waals surface area contributed by atoms with E-state index in [2.05, 4.69) is 8.92 Å². The number of halogens is 3. The van der Waals surface area contributed by atoms with Crippen LogP contribution in [0.3, 0.4) is 0 Å². The molecular formula is C14H18F3NO7S. The summed E-state index contributed by atoms with van der Waals surface area (Å²) in [4.78, 5) is 25.6. The molecule has 12 heteroatoms. The number of carbonyl (C=O) groups is 2. The number of amides is 1. The van der Waals surface area contributed by atoms with Crippen molar-refractivity contribution in [1.82, 2.24) is 4.90 Å². The van der Waals surface area contributed by atoms with Gasteiger partial charge in [-0.05, 0) is 39.7 Å². The Morgan fingerprint density at radius 3 is 2.31 bits per heavy atom. The lowest BCUT2D eigenvalue weighted by Gasteiger charge is -2.33. The first kappa shape index (κ1) is 20.3. The minimum Gasteiger partial charge on any atom is -0.467 e. The predicted octanol–water partition coefficient (Wildman–Crippen LogP) is 2.06. The fraction of sp³-hybridized carbons (Fsp3) is 0.714. The van der Waals surface area contributed by atoms with Gasteiger partial charge in [-0.3, -0.25) is 4.90 Å². The molecule has 26 heavy (non-hydrogen) atoms. The van der Waals surface area contributed by atoms with Crippen molar-refractivity contribution in [3.05, 3.63) is 11.8 Å². The zero-order chi connectivity index (χ0) is 20.1. The van der Waals surface area contributed by atoms with Crippen molar-refractivity contribution in [2.75, 3.05) is 7.11 Å². The maximum absolute atomic E-state index is 12.6. The molecule has 1 amide bonds. The van der Waals surface area contributed by atoms with Crippen LogP contribution in [0.2, 0.25) is 0 Å². The summed E-state index contributed by atoms with van der Waals surface area (Å²) in [5.74, 6) is -1.60. The quantitative estimate of drug-likeness (QED) is 0.405. The van der Waals surface area contributed by atoms with Gasteiger partial charge in [0.15, 0.2) is 5.54 Å². The van der Waals surface area contributed by atoms with Crippen LogP contribution in [-0.4, -0.2) is 55.2 Å². The second kappa shape index (κ2) is 6.03. The monoisotopic (exact) mass is 401 g/mol. The summed E-state index contributed by atoms with van der Waals surface area (Å²) in [5.41, 5.74) is -8.38. The number of hydrogen-bond acceptors (Lipinski definition) is 7. The average Bonchev–Trinajstić information content (AvgIpc) is 2.96. The summed E-state index contributed by atoms with van der Waals surface area (Å²) in [5, 5.41) is 0. The number of ether oxygens (including phenoxy) is 2. The lowest BCUT2D eigenvalue weighted by Crippen LogP contribution is -2.53. The standard InChI is InChI=1S/C14H18F3NO7S/c1-12(2,3)24-11(20)18-8-5-6-13(18,10(19)23-4)7-9(8)25-26(21,22)14(15,16)17/h7-8H,5-6H2,1-4H3/t8-,13+/m1/s1. The van der Waals surface area contributed by atoms with Crippen LogP contribution in [0.15, 0.2) is 11.8 Å². The Morgan fingerprint density at radius 2 is 1.85 bits per heavy atom. The summed E-state index contributed by atoms with van der Waals surface area (Å²) in [6.45, 7) is 4.69. The van der Waals surface area contributed by atoms with Crippen LogP contribution in [0.25, 0.3) is 0 Å². The number of hydrogen-bond donors (Lipinski definition) is 0. The Hall–Kier alpha value is -1.98. The minimum absolute atomic E-state index is 0.00749. The molecule has 0 unspecified atom stereocenters. The molecule has 2 heterocycles. The Labute approximate surface area is 148 Å². The molecule has 0 aromatic rings.